The molecule has 1 aromatic heterocycles. The number of hydrogen-bond acceptors (Lipinski definition) is 3. The van der Waals surface area contributed by atoms with Crippen LogP contribution in [0.1, 0.15) is 17.1 Å². The molecule has 0 fully saturated rings. The van der Waals surface area contributed by atoms with E-state index in [4.69, 9.17) is 0 Å². The molecule has 0 saturated carbocycles. The van der Waals surface area contributed by atoms with Gasteiger partial charge in [-0.25, -0.2) is 4.98 Å². The third-order valence-corrected chi connectivity index (χ3v) is 2.48. The van der Waals surface area contributed by atoms with Crippen molar-refractivity contribution in [3.8, 4) is 0 Å². The molecule has 0 aromatic carbocycles. The first-order valence-corrected chi connectivity index (χ1v) is 5.59. The van der Waals surface area contributed by atoms with Gasteiger partial charge in [-0.1, -0.05) is 6.08 Å². The normalized spacial score (nSPS) is 10.5. The van der Waals surface area contributed by atoms with Crippen molar-refractivity contribution in [1.82, 2.24) is 10.3 Å². The van der Waals surface area contributed by atoms with E-state index in [2.05, 4.69) is 16.9 Å². The molecule has 0 spiro atoms. The van der Waals surface area contributed by atoms with Gasteiger partial charge in [0, 0.05) is 18.0 Å². The molecule has 0 aliphatic rings. The number of rotatable bonds is 5. The zero-order valence-electron chi connectivity index (χ0n) is 8.69. The van der Waals surface area contributed by atoms with Gasteiger partial charge in [0.25, 0.3) is 0 Å². The predicted molar refractivity (Wildman–Crippen MR) is 63.7 cm³/mol. The predicted octanol–water partition coefficient (Wildman–Crippen LogP) is 2.16. The number of carbonyl (C=O) groups is 1. The van der Waals surface area contributed by atoms with Crippen molar-refractivity contribution in [3.63, 3.8) is 0 Å². The van der Waals surface area contributed by atoms with E-state index in [0.29, 0.717) is 6.54 Å². The molecular formula is C11H14N2OS. The Hall–Kier alpha value is -1.42. The van der Waals surface area contributed by atoms with Gasteiger partial charge in [-0.15, -0.1) is 17.9 Å². The van der Waals surface area contributed by atoms with Crippen molar-refractivity contribution in [2.75, 3.05) is 6.54 Å². The average molecular weight is 222 g/mol. The van der Waals surface area contributed by atoms with E-state index in [1.807, 2.05) is 12.3 Å². The molecule has 80 valence electrons. The quantitative estimate of drug-likeness (QED) is 0.471. The van der Waals surface area contributed by atoms with Crippen LogP contribution < -0.4 is 5.32 Å². The minimum Gasteiger partial charge on any atom is -0.352 e. The Morgan fingerprint density at radius 3 is 3.13 bits per heavy atom. The number of hydrogen-bond donors (Lipinski definition) is 1. The molecule has 1 rings (SSSR count). The molecule has 0 saturated heterocycles. The van der Waals surface area contributed by atoms with Gasteiger partial charge in [-0.05, 0) is 19.4 Å². The Morgan fingerprint density at radius 1 is 1.73 bits per heavy atom. The lowest BCUT2D eigenvalue weighted by Gasteiger charge is -1.96. The summed E-state index contributed by atoms with van der Waals surface area (Å²) >= 11 is 1.57. The minimum atomic E-state index is -0.0949. The summed E-state index contributed by atoms with van der Waals surface area (Å²) < 4.78 is 0. The SMILES string of the molecule is C=CCCNC(=O)/C=C/c1csc(C)n1. The van der Waals surface area contributed by atoms with Crippen molar-refractivity contribution in [3.05, 3.63) is 34.8 Å². The van der Waals surface area contributed by atoms with Gasteiger partial charge in [-0.2, -0.15) is 0 Å². The molecule has 3 nitrogen and oxygen atoms in total. The number of nitrogens with one attached hydrogen (secondary N) is 1. The zero-order valence-corrected chi connectivity index (χ0v) is 9.51. The summed E-state index contributed by atoms with van der Waals surface area (Å²) in [7, 11) is 0. The summed E-state index contributed by atoms with van der Waals surface area (Å²) in [5.74, 6) is -0.0949. The highest BCUT2D eigenvalue weighted by atomic mass is 32.1. The van der Waals surface area contributed by atoms with E-state index in [9.17, 15) is 4.79 Å². The highest BCUT2D eigenvalue weighted by molar-refractivity contribution is 7.09. The summed E-state index contributed by atoms with van der Waals surface area (Å²) in [6, 6.07) is 0. The Balaban J connectivity index is 2.37. The van der Waals surface area contributed by atoms with Crippen molar-refractivity contribution in [2.45, 2.75) is 13.3 Å². The van der Waals surface area contributed by atoms with Crippen LogP contribution in [0.4, 0.5) is 0 Å². The van der Waals surface area contributed by atoms with Gasteiger partial charge in [0.15, 0.2) is 0 Å². The standard InChI is InChI=1S/C11H14N2OS/c1-3-4-7-12-11(14)6-5-10-8-15-9(2)13-10/h3,5-6,8H,1,4,7H2,2H3,(H,12,14)/b6-5+. The van der Waals surface area contributed by atoms with E-state index in [-0.39, 0.29) is 5.91 Å². The third kappa shape index (κ3) is 4.56. The first-order valence-electron chi connectivity index (χ1n) is 4.71. The number of aryl methyl sites for hydroxylation is 1. The summed E-state index contributed by atoms with van der Waals surface area (Å²) in [6.07, 6.45) is 5.77. The van der Waals surface area contributed by atoms with E-state index >= 15 is 0 Å². The van der Waals surface area contributed by atoms with Gasteiger partial charge >= 0.3 is 0 Å². The van der Waals surface area contributed by atoms with E-state index in [1.165, 1.54) is 6.08 Å². The first kappa shape index (κ1) is 11.7. The van der Waals surface area contributed by atoms with Gasteiger partial charge in [0.1, 0.15) is 0 Å². The van der Waals surface area contributed by atoms with Crippen LogP contribution in [0, 0.1) is 6.92 Å². The van der Waals surface area contributed by atoms with Crippen LogP contribution in [0.5, 0.6) is 0 Å². The smallest absolute Gasteiger partial charge is 0.244 e. The van der Waals surface area contributed by atoms with Crippen LogP contribution in [0.15, 0.2) is 24.1 Å². The molecule has 0 radical (unpaired) electrons. The van der Waals surface area contributed by atoms with Crippen molar-refractivity contribution >= 4 is 23.3 Å². The summed E-state index contributed by atoms with van der Waals surface area (Å²) in [5, 5.41) is 5.66. The molecule has 1 aromatic rings. The van der Waals surface area contributed by atoms with E-state index in [1.54, 1.807) is 23.5 Å². The van der Waals surface area contributed by atoms with Gasteiger partial charge in [0.05, 0.1) is 10.7 Å². The Morgan fingerprint density at radius 2 is 2.53 bits per heavy atom. The van der Waals surface area contributed by atoms with Gasteiger partial charge in [-0.3, -0.25) is 4.79 Å². The summed E-state index contributed by atoms with van der Waals surface area (Å²) in [5.41, 5.74) is 0.830. The van der Waals surface area contributed by atoms with Crippen LogP contribution in [0.3, 0.4) is 0 Å². The Labute approximate surface area is 93.5 Å². The highest BCUT2D eigenvalue weighted by Gasteiger charge is 1.95. The first-order chi connectivity index (χ1) is 7.22. The fourth-order valence-corrected chi connectivity index (χ4v) is 1.55. The molecule has 15 heavy (non-hydrogen) atoms. The molecule has 1 amide bonds. The number of amides is 1. The van der Waals surface area contributed by atoms with Crippen LogP contribution in [0.25, 0.3) is 6.08 Å². The molecule has 1 N–H and O–H groups in total. The van der Waals surface area contributed by atoms with E-state index < -0.39 is 0 Å². The molecule has 0 atom stereocenters. The van der Waals surface area contributed by atoms with Crippen molar-refractivity contribution in [1.29, 1.82) is 0 Å². The van der Waals surface area contributed by atoms with Crippen LogP contribution in [-0.4, -0.2) is 17.4 Å². The zero-order chi connectivity index (χ0) is 11.1. The minimum absolute atomic E-state index is 0.0949. The van der Waals surface area contributed by atoms with Crippen molar-refractivity contribution < 1.29 is 4.79 Å². The molecular weight excluding hydrogens is 208 g/mol. The lowest BCUT2D eigenvalue weighted by molar-refractivity contribution is -0.116. The summed E-state index contributed by atoms with van der Waals surface area (Å²) in [6.45, 7) is 6.14. The molecule has 0 unspecified atom stereocenters. The van der Waals surface area contributed by atoms with Gasteiger partial charge in [0.2, 0.25) is 5.91 Å². The second-order valence-corrected chi connectivity index (χ2v) is 4.06. The van der Waals surface area contributed by atoms with Crippen LogP contribution in [0.2, 0.25) is 0 Å². The topological polar surface area (TPSA) is 42.0 Å². The maximum Gasteiger partial charge on any atom is 0.244 e. The molecule has 0 aliphatic carbocycles. The number of thiazole rings is 1. The summed E-state index contributed by atoms with van der Waals surface area (Å²) in [4.78, 5) is 15.5. The second-order valence-electron chi connectivity index (χ2n) is 2.99. The fraction of sp³-hybridized carbons (Fsp3) is 0.273. The average Bonchev–Trinajstić information content (AvgIpc) is 2.62. The lowest BCUT2D eigenvalue weighted by atomic mass is 10.4. The third-order valence-electron chi connectivity index (χ3n) is 1.69. The van der Waals surface area contributed by atoms with Gasteiger partial charge < -0.3 is 5.32 Å². The Kier molecular flexibility index (Phi) is 4.77. The highest BCUT2D eigenvalue weighted by Crippen LogP contribution is 2.08. The maximum atomic E-state index is 11.2. The molecule has 4 heteroatoms. The molecule has 0 aliphatic heterocycles. The van der Waals surface area contributed by atoms with Crippen LogP contribution >= 0.6 is 11.3 Å². The number of aromatic nitrogens is 1. The van der Waals surface area contributed by atoms with Crippen molar-refractivity contribution in [2.24, 2.45) is 0 Å². The van der Waals surface area contributed by atoms with E-state index in [0.717, 1.165) is 17.1 Å². The monoisotopic (exact) mass is 222 g/mol. The largest absolute Gasteiger partial charge is 0.352 e. The fourth-order valence-electron chi connectivity index (χ4n) is 0.974. The molecule has 0 bridgehead atoms. The second kappa shape index (κ2) is 6.14. The Bertz CT molecular complexity index is 368. The lowest BCUT2D eigenvalue weighted by Crippen LogP contribution is -2.21. The molecule has 1 heterocycles. The maximum absolute atomic E-state index is 11.2. The number of nitrogens with zero attached hydrogens (tertiary/aromatic N) is 1. The number of carbonyl (C=O) groups excluding carboxylic acids is 1. The van der Waals surface area contributed by atoms with Crippen LogP contribution in [-0.2, 0) is 4.79 Å².